The first kappa shape index (κ1) is 12.4. The van der Waals surface area contributed by atoms with Crippen LogP contribution in [0.1, 0.15) is 24.8 Å². The van der Waals surface area contributed by atoms with Gasteiger partial charge in [-0.3, -0.25) is 4.79 Å². The van der Waals surface area contributed by atoms with Gasteiger partial charge in [0.05, 0.1) is 17.9 Å². The lowest BCUT2D eigenvalue weighted by atomic mass is 9.94. The van der Waals surface area contributed by atoms with Crippen LogP contribution in [0.15, 0.2) is 24.3 Å². The summed E-state index contributed by atoms with van der Waals surface area (Å²) >= 11 is 0. The Labute approximate surface area is 107 Å². The molecule has 2 rings (SSSR count). The summed E-state index contributed by atoms with van der Waals surface area (Å²) in [6.07, 6.45) is 2.14. The maximum Gasteiger partial charge on any atom is 0.232 e. The van der Waals surface area contributed by atoms with Crippen LogP contribution in [0.4, 0.5) is 5.69 Å². The molecule has 1 aromatic carbocycles. The number of amides is 1. The monoisotopic (exact) mass is 243 g/mol. The standard InChI is InChI=1S/C14H17N3O/c1-17(10-2-9-15)13(18)14(7-8-14)11-3-5-12(16)6-4-11/h3-6H,2,7-8,10,16H2,1H3. The average Bonchev–Trinajstić information content (AvgIpc) is 3.17. The number of likely N-dealkylation sites (N-methyl/N-ethyl adjacent to an activating group) is 1. The van der Waals surface area contributed by atoms with Gasteiger partial charge in [0.2, 0.25) is 5.91 Å². The molecule has 0 bridgehead atoms. The molecular weight excluding hydrogens is 226 g/mol. The van der Waals surface area contributed by atoms with Crippen LogP contribution >= 0.6 is 0 Å². The van der Waals surface area contributed by atoms with E-state index in [-0.39, 0.29) is 11.3 Å². The molecule has 1 aliphatic carbocycles. The van der Waals surface area contributed by atoms with Gasteiger partial charge in [-0.15, -0.1) is 0 Å². The minimum Gasteiger partial charge on any atom is -0.399 e. The van der Waals surface area contributed by atoms with Crippen molar-refractivity contribution < 1.29 is 4.79 Å². The number of hydrogen-bond acceptors (Lipinski definition) is 3. The Kier molecular flexibility index (Phi) is 3.24. The van der Waals surface area contributed by atoms with E-state index in [1.165, 1.54) is 0 Å². The SMILES string of the molecule is CN(CCC#N)C(=O)C1(c2ccc(N)cc2)CC1. The first-order valence-corrected chi connectivity index (χ1v) is 6.09. The van der Waals surface area contributed by atoms with E-state index < -0.39 is 0 Å². The number of nitrogens with two attached hydrogens (primary N) is 1. The van der Waals surface area contributed by atoms with Gasteiger partial charge in [0.25, 0.3) is 0 Å². The highest BCUT2D eigenvalue weighted by Gasteiger charge is 2.52. The third-order valence-electron chi connectivity index (χ3n) is 3.53. The van der Waals surface area contributed by atoms with E-state index in [2.05, 4.69) is 6.07 Å². The highest BCUT2D eigenvalue weighted by molar-refractivity contribution is 5.91. The minimum absolute atomic E-state index is 0.113. The number of benzene rings is 1. The summed E-state index contributed by atoms with van der Waals surface area (Å²) in [4.78, 5) is 14.1. The van der Waals surface area contributed by atoms with Crippen LogP contribution in [-0.2, 0) is 10.2 Å². The van der Waals surface area contributed by atoms with Crippen molar-refractivity contribution in [2.45, 2.75) is 24.7 Å². The lowest BCUT2D eigenvalue weighted by Gasteiger charge is -2.23. The Morgan fingerprint density at radius 1 is 1.44 bits per heavy atom. The summed E-state index contributed by atoms with van der Waals surface area (Å²) in [7, 11) is 1.76. The molecule has 1 aliphatic rings. The average molecular weight is 243 g/mol. The van der Waals surface area contributed by atoms with E-state index >= 15 is 0 Å². The number of hydrogen-bond donors (Lipinski definition) is 1. The summed E-state index contributed by atoms with van der Waals surface area (Å²) in [6.45, 7) is 0.492. The lowest BCUT2D eigenvalue weighted by Crippen LogP contribution is -2.37. The molecule has 0 atom stereocenters. The molecule has 0 spiro atoms. The molecule has 1 aromatic rings. The highest BCUT2D eigenvalue weighted by Crippen LogP contribution is 2.49. The zero-order chi connectivity index (χ0) is 13.2. The maximum atomic E-state index is 12.4. The van der Waals surface area contributed by atoms with Gasteiger partial charge in [-0.1, -0.05) is 12.1 Å². The Morgan fingerprint density at radius 2 is 2.06 bits per heavy atom. The van der Waals surface area contributed by atoms with Crippen LogP contribution in [0.25, 0.3) is 0 Å². The number of carbonyl (C=O) groups excluding carboxylic acids is 1. The summed E-state index contributed by atoms with van der Waals surface area (Å²) < 4.78 is 0. The predicted octanol–water partition coefficient (Wildman–Crippen LogP) is 1.67. The molecule has 0 saturated heterocycles. The Morgan fingerprint density at radius 3 is 2.56 bits per heavy atom. The van der Waals surface area contributed by atoms with Crippen molar-refractivity contribution in [3.05, 3.63) is 29.8 Å². The molecule has 0 radical (unpaired) electrons. The van der Waals surface area contributed by atoms with Crippen molar-refractivity contribution in [1.29, 1.82) is 5.26 Å². The zero-order valence-electron chi connectivity index (χ0n) is 10.5. The number of nitriles is 1. The molecule has 4 heteroatoms. The van der Waals surface area contributed by atoms with Gasteiger partial charge in [-0.25, -0.2) is 0 Å². The summed E-state index contributed by atoms with van der Waals surface area (Å²) in [5.74, 6) is 0.113. The molecule has 0 aliphatic heterocycles. The smallest absolute Gasteiger partial charge is 0.232 e. The first-order valence-electron chi connectivity index (χ1n) is 6.09. The number of nitrogen functional groups attached to an aromatic ring is 1. The van der Waals surface area contributed by atoms with Crippen LogP contribution in [0, 0.1) is 11.3 Å². The molecule has 94 valence electrons. The predicted molar refractivity (Wildman–Crippen MR) is 69.6 cm³/mol. The highest BCUT2D eigenvalue weighted by atomic mass is 16.2. The van der Waals surface area contributed by atoms with Crippen molar-refractivity contribution in [2.24, 2.45) is 0 Å². The number of nitrogens with zero attached hydrogens (tertiary/aromatic N) is 2. The molecule has 1 amide bonds. The second kappa shape index (κ2) is 4.69. The van der Waals surface area contributed by atoms with Gasteiger partial charge in [-0.05, 0) is 30.5 Å². The molecule has 4 nitrogen and oxygen atoms in total. The first-order chi connectivity index (χ1) is 8.60. The third kappa shape index (κ3) is 2.17. The van der Waals surface area contributed by atoms with Gasteiger partial charge in [0, 0.05) is 19.3 Å². The zero-order valence-corrected chi connectivity index (χ0v) is 10.5. The van der Waals surface area contributed by atoms with Gasteiger partial charge >= 0.3 is 0 Å². The molecule has 18 heavy (non-hydrogen) atoms. The number of carbonyl (C=O) groups is 1. The van der Waals surface area contributed by atoms with Crippen molar-refractivity contribution in [2.75, 3.05) is 19.3 Å². The van der Waals surface area contributed by atoms with Gasteiger partial charge < -0.3 is 10.6 Å². The van der Waals surface area contributed by atoms with E-state index in [9.17, 15) is 4.79 Å². The number of anilines is 1. The Hall–Kier alpha value is -2.02. The van der Waals surface area contributed by atoms with Crippen LogP contribution < -0.4 is 5.73 Å². The van der Waals surface area contributed by atoms with E-state index in [4.69, 9.17) is 11.0 Å². The topological polar surface area (TPSA) is 70.1 Å². The molecule has 1 saturated carbocycles. The maximum absolute atomic E-state index is 12.4. The fourth-order valence-corrected chi connectivity index (χ4v) is 2.24. The van der Waals surface area contributed by atoms with E-state index in [1.807, 2.05) is 24.3 Å². The Balaban J connectivity index is 2.14. The normalized spacial score (nSPS) is 15.8. The van der Waals surface area contributed by atoms with Crippen molar-refractivity contribution >= 4 is 11.6 Å². The van der Waals surface area contributed by atoms with Gasteiger partial charge in [0.15, 0.2) is 0 Å². The second-order valence-corrected chi connectivity index (χ2v) is 4.84. The molecule has 2 N–H and O–H groups in total. The van der Waals surface area contributed by atoms with Crippen LogP contribution in [-0.4, -0.2) is 24.4 Å². The van der Waals surface area contributed by atoms with Crippen molar-refractivity contribution in [3.8, 4) is 6.07 Å². The summed E-state index contributed by atoms with van der Waals surface area (Å²) in [6, 6.07) is 9.58. The van der Waals surface area contributed by atoms with Crippen LogP contribution in [0.2, 0.25) is 0 Å². The molecule has 0 heterocycles. The molecule has 0 unspecified atom stereocenters. The summed E-state index contributed by atoms with van der Waals surface area (Å²) in [5.41, 5.74) is 7.04. The van der Waals surface area contributed by atoms with E-state index in [1.54, 1.807) is 11.9 Å². The quantitative estimate of drug-likeness (QED) is 0.818. The van der Waals surface area contributed by atoms with Gasteiger partial charge in [0.1, 0.15) is 0 Å². The third-order valence-corrected chi connectivity index (χ3v) is 3.53. The van der Waals surface area contributed by atoms with Crippen molar-refractivity contribution in [1.82, 2.24) is 4.90 Å². The lowest BCUT2D eigenvalue weighted by molar-refractivity contribution is -0.132. The minimum atomic E-state index is -0.363. The Bertz CT molecular complexity index is 483. The van der Waals surface area contributed by atoms with E-state index in [0.29, 0.717) is 18.7 Å². The van der Waals surface area contributed by atoms with Gasteiger partial charge in [-0.2, -0.15) is 5.26 Å². The molecule has 0 aromatic heterocycles. The molecule has 1 fully saturated rings. The molecular formula is C14H17N3O. The van der Waals surface area contributed by atoms with Crippen LogP contribution in [0.5, 0.6) is 0 Å². The van der Waals surface area contributed by atoms with Crippen molar-refractivity contribution in [3.63, 3.8) is 0 Å². The summed E-state index contributed by atoms with van der Waals surface area (Å²) in [5, 5.41) is 8.56. The van der Waals surface area contributed by atoms with E-state index in [0.717, 1.165) is 18.4 Å². The fourth-order valence-electron chi connectivity index (χ4n) is 2.24. The largest absolute Gasteiger partial charge is 0.399 e. The number of rotatable bonds is 4. The second-order valence-electron chi connectivity index (χ2n) is 4.84. The van der Waals surface area contributed by atoms with Crippen LogP contribution in [0.3, 0.4) is 0 Å². The fraction of sp³-hybridized carbons (Fsp3) is 0.429.